The lowest BCUT2D eigenvalue weighted by Crippen LogP contribution is -1.88. The van der Waals surface area contributed by atoms with Gasteiger partial charge in [0, 0.05) is 17.6 Å². The molecule has 0 saturated carbocycles. The first kappa shape index (κ1) is 14.3. The average Bonchev–Trinajstić information content (AvgIpc) is 3.01. The van der Waals surface area contributed by atoms with E-state index >= 15 is 0 Å². The SMILES string of the molecule is Cc1ccc2[nH]c(Cc3ccc4cc5ccccc5cc4c3)cc2c1. The summed E-state index contributed by atoms with van der Waals surface area (Å²) in [5, 5.41) is 6.50. The predicted molar refractivity (Wildman–Crippen MR) is 107 cm³/mol. The Morgan fingerprint density at radius 1 is 0.640 bits per heavy atom. The van der Waals surface area contributed by atoms with Gasteiger partial charge in [-0.1, -0.05) is 54.1 Å². The van der Waals surface area contributed by atoms with E-state index in [1.54, 1.807) is 0 Å². The number of nitrogens with one attached hydrogen (secondary N) is 1. The van der Waals surface area contributed by atoms with Crippen molar-refractivity contribution in [2.75, 3.05) is 0 Å². The topological polar surface area (TPSA) is 15.8 Å². The predicted octanol–water partition coefficient (Wildman–Crippen LogP) is 6.37. The minimum absolute atomic E-state index is 0.927. The van der Waals surface area contributed by atoms with Gasteiger partial charge in [-0.15, -0.1) is 0 Å². The number of H-pyrrole nitrogens is 1. The van der Waals surface area contributed by atoms with Crippen molar-refractivity contribution in [1.29, 1.82) is 0 Å². The van der Waals surface area contributed by atoms with Crippen LogP contribution in [0.2, 0.25) is 0 Å². The normalized spacial score (nSPS) is 11.6. The van der Waals surface area contributed by atoms with Gasteiger partial charge in [-0.3, -0.25) is 0 Å². The molecule has 0 aliphatic heterocycles. The molecule has 0 atom stereocenters. The van der Waals surface area contributed by atoms with Gasteiger partial charge in [0.1, 0.15) is 0 Å². The summed E-state index contributed by atoms with van der Waals surface area (Å²) in [6.45, 7) is 2.14. The summed E-state index contributed by atoms with van der Waals surface area (Å²) in [7, 11) is 0. The maximum Gasteiger partial charge on any atom is 0.0456 e. The standard InChI is InChI=1S/C24H19N/c1-16-6-9-24-22(10-16)15-23(25-24)12-17-7-8-20-13-18-4-2-3-5-19(18)14-21(20)11-17/h2-11,13-15,25H,12H2,1H3. The van der Waals surface area contributed by atoms with E-state index in [1.807, 2.05) is 0 Å². The summed E-state index contributed by atoms with van der Waals surface area (Å²) in [5.41, 5.74) is 5.12. The summed E-state index contributed by atoms with van der Waals surface area (Å²) in [4.78, 5) is 3.55. The van der Waals surface area contributed by atoms with Crippen molar-refractivity contribution in [2.45, 2.75) is 13.3 Å². The molecule has 0 unspecified atom stereocenters. The third-order valence-corrected chi connectivity index (χ3v) is 5.00. The molecule has 5 rings (SSSR count). The van der Waals surface area contributed by atoms with Crippen LogP contribution in [-0.2, 0) is 6.42 Å². The van der Waals surface area contributed by atoms with Gasteiger partial charge >= 0.3 is 0 Å². The Labute approximate surface area is 146 Å². The molecule has 4 aromatic carbocycles. The minimum Gasteiger partial charge on any atom is -0.358 e. The molecular formula is C24H19N. The fourth-order valence-electron chi connectivity index (χ4n) is 3.73. The Kier molecular flexibility index (Phi) is 3.14. The maximum absolute atomic E-state index is 3.55. The van der Waals surface area contributed by atoms with E-state index in [1.165, 1.54) is 49.3 Å². The maximum atomic E-state index is 3.55. The van der Waals surface area contributed by atoms with Crippen LogP contribution in [0.3, 0.4) is 0 Å². The summed E-state index contributed by atoms with van der Waals surface area (Å²) in [5.74, 6) is 0. The molecule has 1 N–H and O–H groups in total. The first-order valence-corrected chi connectivity index (χ1v) is 8.74. The molecule has 0 fully saturated rings. The van der Waals surface area contributed by atoms with Crippen molar-refractivity contribution in [1.82, 2.24) is 4.98 Å². The monoisotopic (exact) mass is 321 g/mol. The molecule has 1 heterocycles. The Morgan fingerprint density at radius 2 is 1.40 bits per heavy atom. The van der Waals surface area contributed by atoms with E-state index in [0.29, 0.717) is 0 Å². The van der Waals surface area contributed by atoms with Crippen LogP contribution >= 0.6 is 0 Å². The van der Waals surface area contributed by atoms with Gasteiger partial charge in [0.2, 0.25) is 0 Å². The summed E-state index contributed by atoms with van der Waals surface area (Å²) in [6, 6.07) is 28.8. The van der Waals surface area contributed by atoms with Crippen molar-refractivity contribution in [2.24, 2.45) is 0 Å². The van der Waals surface area contributed by atoms with Gasteiger partial charge in [-0.05, 0) is 69.8 Å². The molecule has 25 heavy (non-hydrogen) atoms. The van der Waals surface area contributed by atoms with Crippen molar-refractivity contribution in [3.63, 3.8) is 0 Å². The molecule has 0 spiro atoms. The second-order valence-corrected chi connectivity index (χ2v) is 6.94. The van der Waals surface area contributed by atoms with Crippen molar-refractivity contribution in [3.8, 4) is 0 Å². The molecule has 1 heteroatoms. The molecule has 1 aromatic heterocycles. The van der Waals surface area contributed by atoms with E-state index in [0.717, 1.165) is 6.42 Å². The zero-order chi connectivity index (χ0) is 16.8. The van der Waals surface area contributed by atoms with Gasteiger partial charge in [0.05, 0.1) is 0 Å². The molecule has 0 aliphatic carbocycles. The third-order valence-electron chi connectivity index (χ3n) is 5.00. The molecular weight excluding hydrogens is 302 g/mol. The van der Waals surface area contributed by atoms with Gasteiger partial charge in [-0.25, -0.2) is 0 Å². The van der Waals surface area contributed by atoms with Crippen LogP contribution in [0.25, 0.3) is 32.4 Å². The van der Waals surface area contributed by atoms with Gasteiger partial charge in [0.15, 0.2) is 0 Å². The molecule has 0 radical (unpaired) electrons. The molecule has 0 amide bonds. The fourth-order valence-corrected chi connectivity index (χ4v) is 3.73. The molecule has 0 bridgehead atoms. The lowest BCUT2D eigenvalue weighted by molar-refractivity contribution is 1.12. The van der Waals surface area contributed by atoms with Gasteiger partial charge in [0.25, 0.3) is 0 Å². The lowest BCUT2D eigenvalue weighted by atomic mass is 10.00. The summed E-state index contributed by atoms with van der Waals surface area (Å²) >= 11 is 0. The van der Waals surface area contributed by atoms with E-state index in [2.05, 4.69) is 90.8 Å². The van der Waals surface area contributed by atoms with Crippen LogP contribution in [0.4, 0.5) is 0 Å². The zero-order valence-corrected chi connectivity index (χ0v) is 14.2. The van der Waals surface area contributed by atoms with E-state index in [4.69, 9.17) is 0 Å². The Bertz CT molecular complexity index is 1230. The highest BCUT2D eigenvalue weighted by atomic mass is 14.7. The highest BCUT2D eigenvalue weighted by Crippen LogP contribution is 2.25. The van der Waals surface area contributed by atoms with Gasteiger partial charge < -0.3 is 4.98 Å². The number of aryl methyl sites for hydroxylation is 1. The van der Waals surface area contributed by atoms with Crippen molar-refractivity contribution >= 4 is 32.4 Å². The second-order valence-electron chi connectivity index (χ2n) is 6.94. The third kappa shape index (κ3) is 2.58. The molecule has 5 aromatic rings. The number of fused-ring (bicyclic) bond motifs is 3. The van der Waals surface area contributed by atoms with Crippen LogP contribution < -0.4 is 0 Å². The minimum atomic E-state index is 0.927. The zero-order valence-electron chi connectivity index (χ0n) is 14.2. The molecule has 120 valence electrons. The number of hydrogen-bond acceptors (Lipinski definition) is 0. The molecule has 0 saturated heterocycles. The van der Waals surface area contributed by atoms with Crippen LogP contribution in [0, 0.1) is 6.92 Å². The smallest absolute Gasteiger partial charge is 0.0456 e. The fraction of sp³-hybridized carbons (Fsp3) is 0.0833. The van der Waals surface area contributed by atoms with Crippen LogP contribution in [0.5, 0.6) is 0 Å². The van der Waals surface area contributed by atoms with Crippen LogP contribution in [0.1, 0.15) is 16.8 Å². The largest absolute Gasteiger partial charge is 0.358 e. The highest BCUT2D eigenvalue weighted by molar-refractivity contribution is 5.98. The number of hydrogen-bond donors (Lipinski definition) is 1. The van der Waals surface area contributed by atoms with Crippen LogP contribution in [0.15, 0.2) is 78.9 Å². The number of aromatic nitrogens is 1. The highest BCUT2D eigenvalue weighted by Gasteiger charge is 2.04. The second kappa shape index (κ2) is 5.49. The van der Waals surface area contributed by atoms with Gasteiger partial charge in [-0.2, -0.15) is 0 Å². The number of aromatic amines is 1. The number of rotatable bonds is 2. The Hall–Kier alpha value is -3.06. The lowest BCUT2D eigenvalue weighted by Gasteiger charge is -2.05. The first-order valence-electron chi connectivity index (χ1n) is 8.74. The average molecular weight is 321 g/mol. The number of benzene rings is 4. The van der Waals surface area contributed by atoms with E-state index in [9.17, 15) is 0 Å². The summed E-state index contributed by atoms with van der Waals surface area (Å²) < 4.78 is 0. The summed E-state index contributed by atoms with van der Waals surface area (Å²) in [6.07, 6.45) is 0.927. The Balaban J connectivity index is 1.56. The first-order chi connectivity index (χ1) is 12.2. The van der Waals surface area contributed by atoms with E-state index < -0.39 is 0 Å². The Morgan fingerprint density at radius 3 is 2.24 bits per heavy atom. The van der Waals surface area contributed by atoms with Crippen molar-refractivity contribution in [3.05, 3.63) is 95.7 Å². The van der Waals surface area contributed by atoms with Crippen LogP contribution in [-0.4, -0.2) is 4.98 Å². The quantitative estimate of drug-likeness (QED) is 0.363. The van der Waals surface area contributed by atoms with Crippen molar-refractivity contribution < 1.29 is 0 Å². The molecule has 0 aliphatic rings. The van der Waals surface area contributed by atoms with E-state index in [-0.39, 0.29) is 0 Å². The molecule has 1 nitrogen and oxygen atoms in total.